The summed E-state index contributed by atoms with van der Waals surface area (Å²) in [5.41, 5.74) is 1.48. The summed E-state index contributed by atoms with van der Waals surface area (Å²) in [5, 5.41) is 2.72. The van der Waals surface area contributed by atoms with Crippen LogP contribution in [0.5, 0.6) is 0 Å². The molecule has 1 fully saturated rings. The molecule has 0 aromatic heterocycles. The predicted octanol–water partition coefficient (Wildman–Crippen LogP) is 2.04. The van der Waals surface area contributed by atoms with E-state index in [1.807, 2.05) is 13.0 Å². The first kappa shape index (κ1) is 22.0. The van der Waals surface area contributed by atoms with E-state index in [2.05, 4.69) is 5.32 Å². The van der Waals surface area contributed by atoms with Crippen molar-refractivity contribution in [1.82, 2.24) is 14.5 Å². The van der Waals surface area contributed by atoms with Gasteiger partial charge in [-0.25, -0.2) is 8.42 Å². The van der Waals surface area contributed by atoms with Crippen LogP contribution in [0, 0.1) is 6.92 Å². The van der Waals surface area contributed by atoms with Crippen LogP contribution < -0.4 is 5.32 Å². The average Bonchev–Trinajstić information content (AvgIpc) is 3.01. The van der Waals surface area contributed by atoms with Crippen LogP contribution in [-0.4, -0.2) is 61.7 Å². The zero-order valence-electron chi connectivity index (χ0n) is 17.2. The van der Waals surface area contributed by atoms with Crippen LogP contribution in [0.2, 0.25) is 0 Å². The first-order chi connectivity index (χ1) is 14.3. The van der Waals surface area contributed by atoms with Gasteiger partial charge in [0.2, 0.25) is 15.9 Å². The second-order valence-corrected chi connectivity index (χ2v) is 9.40. The highest BCUT2D eigenvalue weighted by atomic mass is 32.2. The minimum atomic E-state index is -3.60. The molecule has 0 spiro atoms. The highest BCUT2D eigenvalue weighted by Crippen LogP contribution is 2.18. The Morgan fingerprint density at radius 2 is 1.60 bits per heavy atom. The van der Waals surface area contributed by atoms with Gasteiger partial charge in [-0.1, -0.05) is 35.9 Å². The van der Waals surface area contributed by atoms with E-state index in [1.165, 1.54) is 4.31 Å². The fraction of sp³-hybridized carbons (Fsp3) is 0.364. The van der Waals surface area contributed by atoms with Gasteiger partial charge in [0, 0.05) is 31.7 Å². The van der Waals surface area contributed by atoms with Gasteiger partial charge in [-0.15, -0.1) is 0 Å². The summed E-state index contributed by atoms with van der Waals surface area (Å²) in [5.74, 6) is -0.524. The van der Waals surface area contributed by atoms with Crippen molar-refractivity contribution in [3.63, 3.8) is 0 Å². The highest BCUT2D eigenvalue weighted by Gasteiger charge is 2.30. The number of benzene rings is 2. The van der Waals surface area contributed by atoms with E-state index >= 15 is 0 Å². The zero-order chi connectivity index (χ0) is 21.7. The zero-order valence-corrected chi connectivity index (χ0v) is 18.1. The van der Waals surface area contributed by atoms with Crippen molar-refractivity contribution in [2.45, 2.75) is 31.2 Å². The summed E-state index contributed by atoms with van der Waals surface area (Å²) in [4.78, 5) is 27.0. The highest BCUT2D eigenvalue weighted by molar-refractivity contribution is 7.89. The van der Waals surface area contributed by atoms with Crippen molar-refractivity contribution in [3.05, 3.63) is 65.7 Å². The Bertz CT molecular complexity index is 991. The number of amides is 2. The van der Waals surface area contributed by atoms with Crippen molar-refractivity contribution >= 4 is 21.8 Å². The molecule has 30 heavy (non-hydrogen) atoms. The summed E-state index contributed by atoms with van der Waals surface area (Å²) in [6.07, 6.45) is 0.538. The molecule has 160 valence electrons. The number of carbonyl (C=O) groups is 2. The SMILES string of the molecule is Cc1ccc(S(=O)(=O)N2CCCN(C(=O)[C@H](C)NC(=O)c3ccccc3)CC2)cc1. The minimum absolute atomic E-state index is 0.214. The van der Waals surface area contributed by atoms with E-state index in [1.54, 1.807) is 60.4 Å². The van der Waals surface area contributed by atoms with Gasteiger partial charge in [0.1, 0.15) is 6.04 Å². The number of nitrogens with one attached hydrogen (secondary N) is 1. The smallest absolute Gasteiger partial charge is 0.251 e. The number of hydrogen-bond acceptors (Lipinski definition) is 4. The molecular formula is C22H27N3O4S. The van der Waals surface area contributed by atoms with Gasteiger partial charge in [-0.3, -0.25) is 9.59 Å². The Morgan fingerprint density at radius 3 is 2.27 bits per heavy atom. The quantitative estimate of drug-likeness (QED) is 0.788. The van der Waals surface area contributed by atoms with Gasteiger partial charge in [-0.05, 0) is 44.5 Å². The fourth-order valence-electron chi connectivity index (χ4n) is 3.42. The number of rotatable bonds is 5. The molecule has 0 aliphatic carbocycles. The maximum absolute atomic E-state index is 12.9. The van der Waals surface area contributed by atoms with Gasteiger partial charge in [0.25, 0.3) is 5.91 Å². The second-order valence-electron chi connectivity index (χ2n) is 7.46. The topological polar surface area (TPSA) is 86.8 Å². The van der Waals surface area contributed by atoms with Gasteiger partial charge < -0.3 is 10.2 Å². The third-order valence-electron chi connectivity index (χ3n) is 5.18. The Hall–Kier alpha value is -2.71. The molecule has 3 rings (SSSR count). The molecule has 2 aromatic carbocycles. The third kappa shape index (κ3) is 5.06. The van der Waals surface area contributed by atoms with Crippen LogP contribution in [0.1, 0.15) is 29.3 Å². The Morgan fingerprint density at radius 1 is 0.933 bits per heavy atom. The first-order valence-electron chi connectivity index (χ1n) is 10.0. The van der Waals surface area contributed by atoms with E-state index in [9.17, 15) is 18.0 Å². The van der Waals surface area contributed by atoms with Gasteiger partial charge in [0.15, 0.2) is 0 Å². The predicted molar refractivity (Wildman–Crippen MR) is 115 cm³/mol. The van der Waals surface area contributed by atoms with Crippen molar-refractivity contribution in [2.24, 2.45) is 0 Å². The maximum atomic E-state index is 12.9. The standard InChI is InChI=1S/C22H27N3O4S/c1-17-9-11-20(12-10-17)30(28,29)25-14-6-13-24(15-16-25)22(27)18(2)23-21(26)19-7-4-3-5-8-19/h3-5,7-12,18H,6,13-16H2,1-2H3,(H,23,26)/t18-/m0/s1. The molecule has 1 saturated heterocycles. The minimum Gasteiger partial charge on any atom is -0.341 e. The van der Waals surface area contributed by atoms with E-state index in [0.717, 1.165) is 5.56 Å². The van der Waals surface area contributed by atoms with Crippen LogP contribution >= 0.6 is 0 Å². The molecule has 1 atom stereocenters. The van der Waals surface area contributed by atoms with Crippen LogP contribution in [-0.2, 0) is 14.8 Å². The number of hydrogen-bond donors (Lipinski definition) is 1. The lowest BCUT2D eigenvalue weighted by molar-refractivity contribution is -0.132. The first-order valence-corrected chi connectivity index (χ1v) is 11.4. The number of sulfonamides is 1. The molecule has 0 saturated carbocycles. The summed E-state index contributed by atoms with van der Waals surface area (Å²) in [6.45, 7) is 4.87. The molecule has 2 aromatic rings. The number of nitrogens with zero attached hydrogens (tertiary/aromatic N) is 2. The van der Waals surface area contributed by atoms with E-state index in [4.69, 9.17) is 0 Å². The van der Waals surface area contributed by atoms with Gasteiger partial charge in [0.05, 0.1) is 4.90 Å². The van der Waals surface area contributed by atoms with Gasteiger partial charge >= 0.3 is 0 Å². The van der Waals surface area contributed by atoms with Crippen LogP contribution in [0.15, 0.2) is 59.5 Å². The summed E-state index contributed by atoms with van der Waals surface area (Å²) < 4.78 is 27.3. The Kier molecular flexibility index (Phi) is 6.89. The normalized spacial score (nSPS) is 16.5. The Balaban J connectivity index is 1.62. The largest absolute Gasteiger partial charge is 0.341 e. The molecule has 1 heterocycles. The molecule has 1 N–H and O–H groups in total. The molecule has 1 aliphatic heterocycles. The van der Waals surface area contributed by atoms with Gasteiger partial charge in [-0.2, -0.15) is 4.31 Å². The van der Waals surface area contributed by atoms with E-state index in [-0.39, 0.29) is 29.8 Å². The fourth-order valence-corrected chi connectivity index (χ4v) is 4.89. The molecule has 8 heteroatoms. The third-order valence-corrected chi connectivity index (χ3v) is 7.09. The van der Waals surface area contributed by atoms with Crippen molar-refractivity contribution in [1.29, 1.82) is 0 Å². The summed E-state index contributed by atoms with van der Waals surface area (Å²) >= 11 is 0. The van der Waals surface area contributed by atoms with Crippen molar-refractivity contribution < 1.29 is 18.0 Å². The molecule has 0 bridgehead atoms. The van der Waals surface area contributed by atoms with Crippen LogP contribution in [0.3, 0.4) is 0 Å². The molecule has 1 aliphatic rings. The number of aryl methyl sites for hydroxylation is 1. The second kappa shape index (κ2) is 9.40. The molecular weight excluding hydrogens is 402 g/mol. The number of carbonyl (C=O) groups excluding carboxylic acids is 2. The summed E-state index contributed by atoms with van der Waals surface area (Å²) in [7, 11) is -3.60. The molecule has 2 amide bonds. The summed E-state index contributed by atoms with van der Waals surface area (Å²) in [6, 6.07) is 14.8. The van der Waals surface area contributed by atoms with E-state index in [0.29, 0.717) is 25.1 Å². The van der Waals surface area contributed by atoms with Crippen molar-refractivity contribution in [2.75, 3.05) is 26.2 Å². The monoisotopic (exact) mass is 429 g/mol. The average molecular weight is 430 g/mol. The van der Waals surface area contributed by atoms with Crippen molar-refractivity contribution in [3.8, 4) is 0 Å². The Labute approximate surface area is 177 Å². The van der Waals surface area contributed by atoms with Crippen LogP contribution in [0.25, 0.3) is 0 Å². The maximum Gasteiger partial charge on any atom is 0.251 e. The molecule has 7 nitrogen and oxygen atoms in total. The van der Waals surface area contributed by atoms with Crippen LogP contribution in [0.4, 0.5) is 0 Å². The lowest BCUT2D eigenvalue weighted by Gasteiger charge is -2.25. The lowest BCUT2D eigenvalue weighted by Crippen LogP contribution is -2.48. The van der Waals surface area contributed by atoms with E-state index < -0.39 is 16.1 Å². The lowest BCUT2D eigenvalue weighted by atomic mass is 10.2. The molecule has 0 unspecified atom stereocenters. The molecule has 0 radical (unpaired) electrons.